The summed E-state index contributed by atoms with van der Waals surface area (Å²) in [6.45, 7) is 6.28. The van der Waals surface area contributed by atoms with E-state index in [1.807, 2.05) is 24.3 Å². The second kappa shape index (κ2) is 9.35. The number of hydrogen-bond donors (Lipinski definition) is 0. The summed E-state index contributed by atoms with van der Waals surface area (Å²) in [5.74, 6) is 0. The fourth-order valence-electron chi connectivity index (χ4n) is 3.31. The first-order chi connectivity index (χ1) is 12.2. The number of likely N-dealkylation sites (N-methyl/N-ethyl adjacent to an activating group) is 1. The van der Waals surface area contributed by atoms with Crippen molar-refractivity contribution in [3.05, 3.63) is 70.7 Å². The highest BCUT2D eigenvalue weighted by atomic mass is 35.5. The number of hydrogen-bond acceptors (Lipinski definition) is 3. The Morgan fingerprint density at radius 3 is 2.56 bits per heavy atom. The lowest BCUT2D eigenvalue weighted by molar-refractivity contribution is 0.0607. The first-order valence-electron chi connectivity index (χ1n) is 9.05. The highest BCUT2D eigenvalue weighted by molar-refractivity contribution is 6.30. The van der Waals surface area contributed by atoms with Crippen molar-refractivity contribution in [3.63, 3.8) is 0 Å². The molecule has 2 aromatic rings. The van der Waals surface area contributed by atoms with Gasteiger partial charge in [-0.25, -0.2) is 0 Å². The van der Waals surface area contributed by atoms with E-state index >= 15 is 0 Å². The molecule has 0 aliphatic carbocycles. The number of ether oxygens (including phenoxy) is 1. The molecule has 0 amide bonds. The molecule has 134 valence electrons. The summed E-state index contributed by atoms with van der Waals surface area (Å²) in [5, 5.41) is 0.748. The Morgan fingerprint density at radius 1 is 0.960 bits per heavy atom. The summed E-state index contributed by atoms with van der Waals surface area (Å²) in [7, 11) is 2.20. The topological polar surface area (TPSA) is 15.7 Å². The minimum absolute atomic E-state index is 0.0745. The summed E-state index contributed by atoms with van der Waals surface area (Å²) >= 11 is 6.20. The van der Waals surface area contributed by atoms with E-state index in [2.05, 4.69) is 47.2 Å². The average Bonchev–Trinajstić information content (AvgIpc) is 2.84. The Kier molecular flexibility index (Phi) is 6.88. The van der Waals surface area contributed by atoms with E-state index in [0.717, 1.165) is 43.4 Å². The third-order valence-corrected chi connectivity index (χ3v) is 4.99. The summed E-state index contributed by atoms with van der Waals surface area (Å²) in [5.41, 5.74) is 2.27. The van der Waals surface area contributed by atoms with Crippen molar-refractivity contribution in [3.8, 4) is 0 Å². The molecule has 3 nitrogen and oxygen atoms in total. The molecule has 1 aliphatic rings. The summed E-state index contributed by atoms with van der Waals surface area (Å²) in [6, 6.07) is 18.4. The standard InChI is InChI=1S/C21H27ClN2O/c1-23-11-6-12-24(14-13-23)15-16-25-21(18-7-3-2-4-8-18)19-9-5-10-20(22)17-19/h2-5,7-10,17,21H,6,11-16H2,1H3. The zero-order valence-electron chi connectivity index (χ0n) is 14.9. The van der Waals surface area contributed by atoms with Crippen molar-refractivity contribution < 1.29 is 4.74 Å². The number of halogens is 1. The molecule has 25 heavy (non-hydrogen) atoms. The van der Waals surface area contributed by atoms with Crippen LogP contribution in [0.3, 0.4) is 0 Å². The molecule has 1 atom stereocenters. The Labute approximate surface area is 156 Å². The molecule has 0 aromatic heterocycles. The monoisotopic (exact) mass is 358 g/mol. The van der Waals surface area contributed by atoms with Crippen molar-refractivity contribution in [2.24, 2.45) is 0 Å². The van der Waals surface area contributed by atoms with E-state index in [-0.39, 0.29) is 6.10 Å². The average molecular weight is 359 g/mol. The van der Waals surface area contributed by atoms with Crippen LogP contribution >= 0.6 is 11.6 Å². The van der Waals surface area contributed by atoms with Gasteiger partial charge >= 0.3 is 0 Å². The smallest absolute Gasteiger partial charge is 0.108 e. The van der Waals surface area contributed by atoms with Crippen LogP contribution in [0.1, 0.15) is 23.7 Å². The van der Waals surface area contributed by atoms with E-state index < -0.39 is 0 Å². The molecule has 0 saturated carbocycles. The lowest BCUT2D eigenvalue weighted by Crippen LogP contribution is -2.32. The number of rotatable bonds is 6. The molecule has 4 heteroatoms. The lowest BCUT2D eigenvalue weighted by atomic mass is 10.0. The maximum Gasteiger partial charge on any atom is 0.108 e. The van der Waals surface area contributed by atoms with Crippen LogP contribution in [0.2, 0.25) is 5.02 Å². The fourth-order valence-corrected chi connectivity index (χ4v) is 3.50. The van der Waals surface area contributed by atoms with Gasteiger partial charge < -0.3 is 9.64 Å². The highest BCUT2D eigenvalue weighted by Gasteiger charge is 2.17. The van der Waals surface area contributed by atoms with E-state index in [1.165, 1.54) is 18.5 Å². The second-order valence-corrected chi connectivity index (χ2v) is 7.15. The lowest BCUT2D eigenvalue weighted by Gasteiger charge is -2.23. The van der Waals surface area contributed by atoms with Crippen LogP contribution in [0.4, 0.5) is 0 Å². The quantitative estimate of drug-likeness (QED) is 0.773. The Balaban J connectivity index is 1.64. The molecule has 0 N–H and O–H groups in total. The molecule has 1 heterocycles. The molecular weight excluding hydrogens is 332 g/mol. The van der Waals surface area contributed by atoms with Crippen LogP contribution in [0.15, 0.2) is 54.6 Å². The van der Waals surface area contributed by atoms with E-state index in [0.29, 0.717) is 0 Å². The van der Waals surface area contributed by atoms with Gasteiger partial charge in [-0.3, -0.25) is 4.90 Å². The van der Waals surface area contributed by atoms with Crippen molar-refractivity contribution >= 4 is 11.6 Å². The van der Waals surface area contributed by atoms with Crippen molar-refractivity contribution in [2.75, 3.05) is 46.4 Å². The zero-order chi connectivity index (χ0) is 17.5. The van der Waals surface area contributed by atoms with Crippen molar-refractivity contribution in [1.82, 2.24) is 9.80 Å². The van der Waals surface area contributed by atoms with Crippen molar-refractivity contribution in [2.45, 2.75) is 12.5 Å². The SMILES string of the molecule is CN1CCCN(CCOC(c2ccccc2)c2cccc(Cl)c2)CC1. The minimum Gasteiger partial charge on any atom is -0.367 e. The largest absolute Gasteiger partial charge is 0.367 e. The third kappa shape index (κ3) is 5.55. The maximum absolute atomic E-state index is 6.33. The van der Waals surface area contributed by atoms with Crippen LogP contribution in [0, 0.1) is 0 Å². The van der Waals surface area contributed by atoms with Gasteiger partial charge in [0.15, 0.2) is 0 Å². The second-order valence-electron chi connectivity index (χ2n) is 6.71. The molecule has 2 aromatic carbocycles. The van der Waals surface area contributed by atoms with Gasteiger partial charge in [-0.2, -0.15) is 0 Å². The van der Waals surface area contributed by atoms with Gasteiger partial charge in [0.2, 0.25) is 0 Å². The Morgan fingerprint density at radius 2 is 1.76 bits per heavy atom. The predicted molar refractivity (Wildman–Crippen MR) is 104 cm³/mol. The van der Waals surface area contributed by atoms with E-state index in [9.17, 15) is 0 Å². The van der Waals surface area contributed by atoms with Crippen molar-refractivity contribution in [1.29, 1.82) is 0 Å². The molecule has 1 unspecified atom stereocenters. The van der Waals surface area contributed by atoms with Crippen LogP contribution in [-0.4, -0.2) is 56.2 Å². The highest BCUT2D eigenvalue weighted by Crippen LogP contribution is 2.27. The molecule has 0 bridgehead atoms. The molecule has 1 fully saturated rings. The predicted octanol–water partition coefficient (Wildman–Crippen LogP) is 4.08. The molecule has 3 rings (SSSR count). The fraction of sp³-hybridized carbons (Fsp3) is 0.429. The van der Waals surface area contributed by atoms with Gasteiger partial charge in [0.25, 0.3) is 0 Å². The maximum atomic E-state index is 6.33. The first-order valence-corrected chi connectivity index (χ1v) is 9.43. The molecular formula is C21H27ClN2O. The summed E-state index contributed by atoms with van der Waals surface area (Å²) in [6.07, 6.45) is 1.15. The summed E-state index contributed by atoms with van der Waals surface area (Å²) in [4.78, 5) is 4.91. The van der Waals surface area contributed by atoms with Gasteiger partial charge in [-0.1, -0.05) is 54.1 Å². The van der Waals surface area contributed by atoms with E-state index in [1.54, 1.807) is 0 Å². The molecule has 1 saturated heterocycles. The number of nitrogens with zero attached hydrogens (tertiary/aromatic N) is 2. The third-order valence-electron chi connectivity index (χ3n) is 4.76. The van der Waals surface area contributed by atoms with Crippen LogP contribution in [0.25, 0.3) is 0 Å². The Hall–Kier alpha value is -1.39. The molecule has 1 aliphatic heterocycles. The van der Waals surface area contributed by atoms with Crippen LogP contribution in [-0.2, 0) is 4.74 Å². The van der Waals surface area contributed by atoms with Gasteiger partial charge in [0.05, 0.1) is 6.61 Å². The van der Waals surface area contributed by atoms with Gasteiger partial charge in [0, 0.05) is 24.7 Å². The van der Waals surface area contributed by atoms with Gasteiger partial charge in [-0.15, -0.1) is 0 Å². The Bertz CT molecular complexity index is 649. The van der Waals surface area contributed by atoms with Gasteiger partial charge in [-0.05, 0) is 49.8 Å². The zero-order valence-corrected chi connectivity index (χ0v) is 15.7. The first kappa shape index (κ1) is 18.4. The summed E-state index contributed by atoms with van der Waals surface area (Å²) < 4.78 is 6.33. The molecule has 0 spiro atoms. The normalized spacial score (nSPS) is 18.0. The van der Waals surface area contributed by atoms with Gasteiger partial charge in [0.1, 0.15) is 6.10 Å². The minimum atomic E-state index is -0.0745. The number of benzene rings is 2. The van der Waals surface area contributed by atoms with Crippen LogP contribution in [0.5, 0.6) is 0 Å². The van der Waals surface area contributed by atoms with E-state index in [4.69, 9.17) is 16.3 Å². The molecule has 0 radical (unpaired) electrons. The van der Waals surface area contributed by atoms with Crippen LogP contribution < -0.4 is 0 Å².